The minimum atomic E-state index is -2.27. The standard InChI is InChI=1S/C10H13OSi.K/c1-12(2,11)9-8-10-6-4-3-5-7-10;/h3-9H,1-2H3;/q-1;+1/b9-8-;. The van der Waals surface area contributed by atoms with Crippen LogP contribution in [0, 0.1) is 0 Å². The molecule has 0 radical (unpaired) electrons. The molecule has 0 saturated carbocycles. The van der Waals surface area contributed by atoms with Crippen molar-refractivity contribution in [2.45, 2.75) is 13.1 Å². The van der Waals surface area contributed by atoms with Crippen LogP contribution in [0.1, 0.15) is 5.56 Å². The monoisotopic (exact) mass is 216 g/mol. The third-order valence-electron chi connectivity index (χ3n) is 1.48. The molecule has 1 rings (SSSR count). The van der Waals surface area contributed by atoms with Crippen LogP contribution in [0.15, 0.2) is 36.0 Å². The Labute approximate surface area is 123 Å². The van der Waals surface area contributed by atoms with Gasteiger partial charge < -0.3 is 4.80 Å². The normalized spacial score (nSPS) is 11.3. The van der Waals surface area contributed by atoms with Crippen LogP contribution >= 0.6 is 0 Å². The van der Waals surface area contributed by atoms with Crippen molar-refractivity contribution >= 4 is 14.4 Å². The average molecular weight is 216 g/mol. The SMILES string of the molecule is C[Si](C)([O-])/C=C\c1ccccc1.[K+]. The minimum Gasteiger partial charge on any atom is -0.856 e. The summed E-state index contributed by atoms with van der Waals surface area (Å²) in [5.74, 6) is 0. The average Bonchev–Trinajstić information content (AvgIpc) is 2.02. The van der Waals surface area contributed by atoms with Crippen molar-refractivity contribution in [2.75, 3.05) is 0 Å². The number of hydrogen-bond donors (Lipinski definition) is 0. The summed E-state index contributed by atoms with van der Waals surface area (Å²) in [5.41, 5.74) is 2.91. The Balaban J connectivity index is 0.00000144. The molecule has 64 valence electrons. The molecule has 0 aliphatic rings. The molecule has 3 heteroatoms. The van der Waals surface area contributed by atoms with E-state index in [0.717, 1.165) is 5.56 Å². The molecule has 1 nitrogen and oxygen atoms in total. The van der Waals surface area contributed by atoms with Crippen LogP contribution in [0.3, 0.4) is 0 Å². The molecule has 0 spiro atoms. The van der Waals surface area contributed by atoms with E-state index >= 15 is 0 Å². The molecule has 0 bridgehead atoms. The van der Waals surface area contributed by atoms with Crippen molar-refractivity contribution in [1.29, 1.82) is 0 Å². The second kappa shape index (κ2) is 6.29. The van der Waals surface area contributed by atoms with Crippen LogP contribution in [0.25, 0.3) is 6.08 Å². The van der Waals surface area contributed by atoms with E-state index in [1.807, 2.05) is 42.1 Å². The fourth-order valence-corrected chi connectivity index (χ4v) is 1.45. The summed E-state index contributed by atoms with van der Waals surface area (Å²) in [6, 6.07) is 9.91. The Bertz CT molecular complexity index is 264. The van der Waals surface area contributed by atoms with Gasteiger partial charge in [-0.2, -0.15) is 0 Å². The maximum absolute atomic E-state index is 11.3. The van der Waals surface area contributed by atoms with Crippen LogP contribution in [-0.2, 0) is 0 Å². The molecule has 0 saturated heterocycles. The Morgan fingerprint density at radius 2 is 1.69 bits per heavy atom. The zero-order valence-electron chi connectivity index (χ0n) is 8.45. The summed E-state index contributed by atoms with van der Waals surface area (Å²) in [7, 11) is -2.27. The van der Waals surface area contributed by atoms with Crippen molar-refractivity contribution in [2.24, 2.45) is 0 Å². The van der Waals surface area contributed by atoms with Crippen molar-refractivity contribution in [3.63, 3.8) is 0 Å². The largest absolute Gasteiger partial charge is 1.00 e. The summed E-state index contributed by atoms with van der Waals surface area (Å²) in [4.78, 5) is 11.3. The third kappa shape index (κ3) is 6.79. The van der Waals surface area contributed by atoms with Gasteiger partial charge in [0.1, 0.15) is 0 Å². The Morgan fingerprint density at radius 3 is 2.15 bits per heavy atom. The quantitative estimate of drug-likeness (QED) is 0.570. The fraction of sp³-hybridized carbons (Fsp3) is 0.200. The summed E-state index contributed by atoms with van der Waals surface area (Å²) >= 11 is 0. The molecule has 0 aromatic heterocycles. The summed E-state index contributed by atoms with van der Waals surface area (Å²) in [6.07, 6.45) is 1.92. The van der Waals surface area contributed by atoms with Crippen LogP contribution in [0.4, 0.5) is 0 Å². The van der Waals surface area contributed by atoms with Crippen molar-refractivity contribution in [3.8, 4) is 0 Å². The maximum atomic E-state index is 11.3. The molecule has 0 N–H and O–H groups in total. The van der Waals surface area contributed by atoms with Crippen molar-refractivity contribution in [3.05, 3.63) is 41.6 Å². The minimum absolute atomic E-state index is 0. The molecule has 0 fully saturated rings. The van der Waals surface area contributed by atoms with Crippen LogP contribution in [-0.4, -0.2) is 8.32 Å². The molecule has 1 aromatic carbocycles. The van der Waals surface area contributed by atoms with Gasteiger partial charge in [-0.25, -0.2) is 0 Å². The van der Waals surface area contributed by atoms with Gasteiger partial charge in [-0.3, -0.25) is 0 Å². The van der Waals surface area contributed by atoms with E-state index in [2.05, 4.69) is 0 Å². The zero-order chi connectivity index (χ0) is 9.03. The van der Waals surface area contributed by atoms with Gasteiger partial charge >= 0.3 is 51.4 Å². The third-order valence-corrected chi connectivity index (χ3v) is 2.45. The van der Waals surface area contributed by atoms with Gasteiger partial charge in [-0.05, 0) is 13.9 Å². The molecule has 0 unspecified atom stereocenters. The first-order valence-corrected chi connectivity index (χ1v) is 7.01. The molecule has 13 heavy (non-hydrogen) atoms. The number of benzene rings is 1. The van der Waals surface area contributed by atoms with Gasteiger partial charge in [0.05, 0.1) is 0 Å². The second-order valence-corrected chi connectivity index (χ2v) is 6.89. The predicted molar refractivity (Wildman–Crippen MR) is 53.0 cm³/mol. The predicted octanol–water partition coefficient (Wildman–Crippen LogP) is -1.19. The van der Waals surface area contributed by atoms with E-state index in [4.69, 9.17) is 0 Å². The van der Waals surface area contributed by atoms with Crippen LogP contribution < -0.4 is 56.2 Å². The molecule has 0 aliphatic carbocycles. The van der Waals surface area contributed by atoms with Crippen molar-refractivity contribution < 1.29 is 56.2 Å². The van der Waals surface area contributed by atoms with E-state index in [9.17, 15) is 4.80 Å². The van der Waals surface area contributed by atoms with Gasteiger partial charge in [-0.15, -0.1) is 5.70 Å². The number of rotatable bonds is 2. The summed E-state index contributed by atoms with van der Waals surface area (Å²) < 4.78 is 0. The van der Waals surface area contributed by atoms with E-state index in [0.29, 0.717) is 0 Å². The number of hydrogen-bond acceptors (Lipinski definition) is 1. The smallest absolute Gasteiger partial charge is 0.856 e. The molecular formula is C10H13KOSi. The summed E-state index contributed by atoms with van der Waals surface area (Å²) in [6.45, 7) is 3.57. The Kier molecular flexibility index (Phi) is 6.67. The van der Waals surface area contributed by atoms with E-state index < -0.39 is 8.32 Å². The molecule has 0 aliphatic heterocycles. The van der Waals surface area contributed by atoms with Gasteiger partial charge in [0, 0.05) is 0 Å². The Morgan fingerprint density at radius 1 is 1.15 bits per heavy atom. The second-order valence-electron chi connectivity index (χ2n) is 3.35. The molecule has 1 aromatic rings. The van der Waals surface area contributed by atoms with Gasteiger partial charge in [0.15, 0.2) is 0 Å². The molecular weight excluding hydrogens is 203 g/mol. The van der Waals surface area contributed by atoms with Gasteiger partial charge in [0.25, 0.3) is 0 Å². The van der Waals surface area contributed by atoms with Crippen LogP contribution in [0.2, 0.25) is 13.1 Å². The molecule has 0 atom stereocenters. The van der Waals surface area contributed by atoms with Crippen LogP contribution in [0.5, 0.6) is 0 Å². The maximum Gasteiger partial charge on any atom is 1.00 e. The van der Waals surface area contributed by atoms with Crippen molar-refractivity contribution in [1.82, 2.24) is 0 Å². The van der Waals surface area contributed by atoms with E-state index in [-0.39, 0.29) is 51.4 Å². The Hall–Kier alpha value is 0.773. The fourth-order valence-electron chi connectivity index (χ4n) is 0.861. The zero-order valence-corrected chi connectivity index (χ0v) is 12.6. The van der Waals surface area contributed by atoms with E-state index in [1.54, 1.807) is 13.1 Å². The first-order chi connectivity index (χ1) is 5.58. The van der Waals surface area contributed by atoms with Gasteiger partial charge in [-0.1, -0.05) is 49.5 Å². The first kappa shape index (κ1) is 13.8. The molecule has 0 heterocycles. The summed E-state index contributed by atoms with van der Waals surface area (Å²) in [5, 5.41) is 0. The topological polar surface area (TPSA) is 23.1 Å². The first-order valence-electron chi connectivity index (χ1n) is 4.03. The molecule has 0 amide bonds. The van der Waals surface area contributed by atoms with E-state index in [1.165, 1.54) is 0 Å². The van der Waals surface area contributed by atoms with Gasteiger partial charge in [0.2, 0.25) is 0 Å².